The van der Waals surface area contributed by atoms with Gasteiger partial charge in [0.25, 0.3) is 5.91 Å². The van der Waals surface area contributed by atoms with E-state index in [9.17, 15) is 14.4 Å². The SMILES string of the molecule is Cc1ccc(NC(=O)c2ccccc2N2C(=O)[C@H]3C[C@H](C)CC[C@H]3C2=O)cc1C. The average Bonchev–Trinajstić information content (AvgIpc) is 2.94. The van der Waals surface area contributed by atoms with Crippen molar-refractivity contribution in [1.29, 1.82) is 0 Å². The van der Waals surface area contributed by atoms with Crippen LogP contribution in [0.25, 0.3) is 0 Å². The second-order valence-electron chi connectivity index (χ2n) is 8.41. The number of nitrogens with zero attached hydrogens (tertiary/aromatic N) is 1. The van der Waals surface area contributed by atoms with Gasteiger partial charge in [0.1, 0.15) is 0 Å². The maximum atomic E-state index is 13.1. The highest BCUT2D eigenvalue weighted by Crippen LogP contribution is 2.42. The monoisotopic (exact) mass is 390 g/mol. The molecule has 4 rings (SSSR count). The van der Waals surface area contributed by atoms with Crippen LogP contribution < -0.4 is 10.2 Å². The van der Waals surface area contributed by atoms with Gasteiger partial charge in [0, 0.05) is 5.69 Å². The molecule has 0 unspecified atom stereocenters. The van der Waals surface area contributed by atoms with Gasteiger partial charge in [-0.2, -0.15) is 0 Å². The minimum Gasteiger partial charge on any atom is -0.322 e. The third kappa shape index (κ3) is 3.46. The zero-order valence-corrected chi connectivity index (χ0v) is 17.1. The average molecular weight is 390 g/mol. The van der Waals surface area contributed by atoms with E-state index in [-0.39, 0.29) is 29.6 Å². The molecule has 0 aromatic heterocycles. The molecule has 0 spiro atoms. The predicted molar refractivity (Wildman–Crippen MR) is 113 cm³/mol. The van der Waals surface area contributed by atoms with Crippen molar-refractivity contribution >= 4 is 29.1 Å². The molecule has 5 heteroatoms. The smallest absolute Gasteiger partial charge is 0.257 e. The molecular weight excluding hydrogens is 364 g/mol. The summed E-state index contributed by atoms with van der Waals surface area (Å²) in [5, 5.41) is 2.90. The second kappa shape index (κ2) is 7.47. The Labute approximate surface area is 171 Å². The number of amides is 3. The van der Waals surface area contributed by atoms with Gasteiger partial charge in [-0.05, 0) is 74.4 Å². The van der Waals surface area contributed by atoms with Gasteiger partial charge in [-0.25, -0.2) is 4.90 Å². The molecule has 1 heterocycles. The number of hydrogen-bond acceptors (Lipinski definition) is 3. The lowest BCUT2D eigenvalue weighted by molar-refractivity contribution is -0.122. The lowest BCUT2D eigenvalue weighted by Gasteiger charge is -2.25. The highest BCUT2D eigenvalue weighted by molar-refractivity contribution is 6.24. The number of imide groups is 1. The lowest BCUT2D eigenvalue weighted by atomic mass is 9.76. The number of nitrogens with one attached hydrogen (secondary N) is 1. The van der Waals surface area contributed by atoms with Gasteiger partial charge >= 0.3 is 0 Å². The van der Waals surface area contributed by atoms with Gasteiger partial charge in [-0.1, -0.05) is 25.1 Å². The standard InChI is InChI=1S/C24H26N2O3/c1-14-8-11-18-20(12-14)24(29)26(23(18)28)21-7-5-4-6-19(21)22(27)25-17-10-9-15(2)16(3)13-17/h4-7,9-10,13-14,18,20H,8,11-12H2,1-3H3,(H,25,27)/t14-,18-,20+/m1/s1. The van der Waals surface area contributed by atoms with Crippen molar-refractivity contribution in [3.8, 4) is 0 Å². The first-order valence-corrected chi connectivity index (χ1v) is 10.2. The number of rotatable bonds is 3. The van der Waals surface area contributed by atoms with E-state index in [1.165, 1.54) is 4.90 Å². The molecule has 29 heavy (non-hydrogen) atoms. The Hall–Kier alpha value is -2.95. The molecule has 1 saturated heterocycles. The molecule has 2 aromatic carbocycles. The van der Waals surface area contributed by atoms with E-state index in [1.54, 1.807) is 24.3 Å². The van der Waals surface area contributed by atoms with E-state index in [0.29, 0.717) is 22.9 Å². The summed E-state index contributed by atoms with van der Waals surface area (Å²) in [6.45, 7) is 6.13. The van der Waals surface area contributed by atoms with Crippen molar-refractivity contribution in [2.24, 2.45) is 17.8 Å². The Kier molecular flexibility index (Phi) is 4.99. The van der Waals surface area contributed by atoms with E-state index in [1.807, 2.05) is 32.0 Å². The fraction of sp³-hybridized carbons (Fsp3) is 0.375. The van der Waals surface area contributed by atoms with Gasteiger partial charge in [-0.3, -0.25) is 14.4 Å². The molecule has 1 saturated carbocycles. The highest BCUT2D eigenvalue weighted by atomic mass is 16.2. The first-order chi connectivity index (χ1) is 13.9. The number of carbonyl (C=O) groups excluding carboxylic acids is 3. The third-order valence-electron chi connectivity index (χ3n) is 6.34. The number of hydrogen-bond donors (Lipinski definition) is 1. The van der Waals surface area contributed by atoms with Crippen LogP contribution in [-0.2, 0) is 9.59 Å². The van der Waals surface area contributed by atoms with E-state index < -0.39 is 0 Å². The second-order valence-corrected chi connectivity index (χ2v) is 8.41. The van der Waals surface area contributed by atoms with Crippen LogP contribution in [0.15, 0.2) is 42.5 Å². The van der Waals surface area contributed by atoms with Crippen molar-refractivity contribution in [1.82, 2.24) is 0 Å². The molecule has 1 aliphatic carbocycles. The Morgan fingerprint density at radius 1 is 0.966 bits per heavy atom. The quantitative estimate of drug-likeness (QED) is 0.786. The van der Waals surface area contributed by atoms with Crippen LogP contribution in [0.4, 0.5) is 11.4 Å². The van der Waals surface area contributed by atoms with Crippen LogP contribution >= 0.6 is 0 Å². The van der Waals surface area contributed by atoms with E-state index >= 15 is 0 Å². The van der Waals surface area contributed by atoms with Crippen molar-refractivity contribution in [2.75, 3.05) is 10.2 Å². The molecule has 150 valence electrons. The van der Waals surface area contributed by atoms with Crippen molar-refractivity contribution in [3.63, 3.8) is 0 Å². The predicted octanol–water partition coefficient (Wildman–Crippen LogP) is 4.48. The number of para-hydroxylation sites is 1. The maximum absolute atomic E-state index is 13.1. The molecule has 5 nitrogen and oxygen atoms in total. The van der Waals surface area contributed by atoms with Gasteiger partial charge in [0.15, 0.2) is 0 Å². The van der Waals surface area contributed by atoms with Crippen molar-refractivity contribution < 1.29 is 14.4 Å². The van der Waals surface area contributed by atoms with Gasteiger partial charge in [0.05, 0.1) is 23.1 Å². The first-order valence-electron chi connectivity index (χ1n) is 10.2. The summed E-state index contributed by atoms with van der Waals surface area (Å²) in [5.74, 6) is -0.739. The minimum absolute atomic E-state index is 0.168. The van der Waals surface area contributed by atoms with E-state index in [2.05, 4.69) is 12.2 Å². The molecule has 3 atom stereocenters. The van der Waals surface area contributed by atoms with Crippen LogP contribution in [0.3, 0.4) is 0 Å². The molecule has 3 amide bonds. The Morgan fingerprint density at radius 2 is 1.69 bits per heavy atom. The summed E-state index contributed by atoms with van der Waals surface area (Å²) >= 11 is 0. The lowest BCUT2D eigenvalue weighted by Crippen LogP contribution is -2.33. The van der Waals surface area contributed by atoms with Crippen LogP contribution in [0.1, 0.15) is 47.7 Å². The number of carbonyl (C=O) groups is 3. The molecule has 0 radical (unpaired) electrons. The first kappa shape index (κ1) is 19.4. The fourth-order valence-corrected chi connectivity index (χ4v) is 4.51. The number of anilines is 2. The van der Waals surface area contributed by atoms with E-state index in [0.717, 1.165) is 30.4 Å². The third-order valence-corrected chi connectivity index (χ3v) is 6.34. The molecule has 2 fully saturated rings. The van der Waals surface area contributed by atoms with Crippen molar-refractivity contribution in [3.05, 3.63) is 59.2 Å². The minimum atomic E-state index is -0.326. The Morgan fingerprint density at radius 3 is 2.45 bits per heavy atom. The molecule has 2 aromatic rings. The number of aryl methyl sites for hydroxylation is 2. The van der Waals surface area contributed by atoms with Gasteiger partial charge < -0.3 is 5.32 Å². The Balaban J connectivity index is 1.64. The largest absolute Gasteiger partial charge is 0.322 e. The van der Waals surface area contributed by atoms with Crippen LogP contribution in [0.5, 0.6) is 0 Å². The number of benzene rings is 2. The van der Waals surface area contributed by atoms with Crippen molar-refractivity contribution in [2.45, 2.75) is 40.0 Å². The topological polar surface area (TPSA) is 66.5 Å². The molecule has 1 N–H and O–H groups in total. The summed E-state index contributed by atoms with van der Waals surface area (Å²) < 4.78 is 0. The van der Waals surface area contributed by atoms with Crippen LogP contribution in [0, 0.1) is 31.6 Å². The highest BCUT2D eigenvalue weighted by Gasteiger charge is 2.50. The molecule has 0 bridgehead atoms. The van der Waals surface area contributed by atoms with Gasteiger partial charge in [-0.15, -0.1) is 0 Å². The summed E-state index contributed by atoms with van der Waals surface area (Å²) in [7, 11) is 0. The molecule has 1 aliphatic heterocycles. The summed E-state index contributed by atoms with van der Waals surface area (Å²) in [5.41, 5.74) is 3.63. The maximum Gasteiger partial charge on any atom is 0.257 e. The zero-order chi connectivity index (χ0) is 20.7. The molecular formula is C24H26N2O3. The zero-order valence-electron chi connectivity index (χ0n) is 17.1. The van der Waals surface area contributed by atoms with Crippen LogP contribution in [-0.4, -0.2) is 17.7 Å². The van der Waals surface area contributed by atoms with Crippen LogP contribution in [0.2, 0.25) is 0 Å². The summed E-state index contributed by atoms with van der Waals surface area (Å²) in [6.07, 6.45) is 2.44. The molecule has 2 aliphatic rings. The number of fused-ring (bicyclic) bond motifs is 1. The normalized spacial score (nSPS) is 23.8. The summed E-state index contributed by atoms with van der Waals surface area (Å²) in [6, 6.07) is 12.6. The summed E-state index contributed by atoms with van der Waals surface area (Å²) in [4.78, 5) is 40.4. The van der Waals surface area contributed by atoms with E-state index in [4.69, 9.17) is 0 Å². The fourth-order valence-electron chi connectivity index (χ4n) is 4.51. The van der Waals surface area contributed by atoms with Gasteiger partial charge in [0.2, 0.25) is 11.8 Å². The Bertz CT molecular complexity index is 997.